The predicted octanol–water partition coefficient (Wildman–Crippen LogP) is 4.24. The van der Waals surface area contributed by atoms with Gasteiger partial charge in [-0.25, -0.2) is 4.39 Å². The van der Waals surface area contributed by atoms with Crippen LogP contribution in [0.2, 0.25) is 0 Å². The van der Waals surface area contributed by atoms with E-state index in [1.807, 2.05) is 31.2 Å². The Bertz CT molecular complexity index is 1210. The van der Waals surface area contributed by atoms with Gasteiger partial charge in [0.1, 0.15) is 11.6 Å². The maximum atomic E-state index is 13.1. The van der Waals surface area contributed by atoms with Crippen LogP contribution in [0.15, 0.2) is 48.5 Å². The number of halogens is 1. The first-order valence-electron chi connectivity index (χ1n) is 9.21. The van der Waals surface area contributed by atoms with Crippen LogP contribution in [-0.4, -0.2) is 31.5 Å². The van der Waals surface area contributed by atoms with Crippen molar-refractivity contribution in [2.24, 2.45) is 0 Å². The number of nitrogens with one attached hydrogen (secondary N) is 2. The van der Waals surface area contributed by atoms with E-state index in [4.69, 9.17) is 5.73 Å². The van der Waals surface area contributed by atoms with Crippen LogP contribution in [0, 0.1) is 12.7 Å². The summed E-state index contributed by atoms with van der Waals surface area (Å²) in [6.07, 6.45) is 0. The van der Waals surface area contributed by atoms with E-state index in [-0.39, 0.29) is 29.2 Å². The number of ketones is 1. The Morgan fingerprint density at radius 2 is 1.90 bits per heavy atom. The highest BCUT2D eigenvalue weighted by Gasteiger charge is 2.16. The minimum absolute atomic E-state index is 0.0432. The van der Waals surface area contributed by atoms with Gasteiger partial charge < -0.3 is 16.0 Å². The van der Waals surface area contributed by atoms with Gasteiger partial charge in [0.15, 0.2) is 5.78 Å². The number of para-hydroxylation sites is 1. The molecule has 0 unspecified atom stereocenters. The van der Waals surface area contributed by atoms with Crippen LogP contribution in [0.4, 0.5) is 22.0 Å². The van der Waals surface area contributed by atoms with Crippen molar-refractivity contribution in [2.75, 3.05) is 16.8 Å². The van der Waals surface area contributed by atoms with Gasteiger partial charge in [-0.2, -0.15) is 15.0 Å². The number of thioether (sulfide) groups is 1. The van der Waals surface area contributed by atoms with Crippen molar-refractivity contribution < 1.29 is 9.18 Å². The summed E-state index contributed by atoms with van der Waals surface area (Å²) >= 11 is 1.41. The van der Waals surface area contributed by atoms with Crippen molar-refractivity contribution >= 4 is 46.0 Å². The molecular formula is C21H19FN6OS. The number of nitrogens with two attached hydrogens (primary N) is 1. The normalized spacial score (nSPS) is 11.0. The molecule has 30 heavy (non-hydrogen) atoms. The maximum absolute atomic E-state index is 13.1. The number of carbonyl (C=O) groups excluding carboxylic acids is 1. The third-order valence-corrected chi connectivity index (χ3v) is 5.36. The molecule has 152 valence electrons. The summed E-state index contributed by atoms with van der Waals surface area (Å²) in [4.78, 5) is 28.5. The summed E-state index contributed by atoms with van der Waals surface area (Å²) in [5.41, 5.74) is 8.94. The SMILES string of the molecule is Cc1[nH]c2ccccc2c1C(=O)CSCc1nc(N)nc(Nc2ccc(F)cc2)n1. The lowest BCUT2D eigenvalue weighted by Gasteiger charge is -2.07. The van der Waals surface area contributed by atoms with E-state index in [9.17, 15) is 9.18 Å². The van der Waals surface area contributed by atoms with E-state index in [0.717, 1.165) is 16.6 Å². The molecule has 7 nitrogen and oxygen atoms in total. The van der Waals surface area contributed by atoms with Crippen molar-refractivity contribution in [2.45, 2.75) is 12.7 Å². The number of aromatic amines is 1. The third-order valence-electron chi connectivity index (χ3n) is 4.44. The highest BCUT2D eigenvalue weighted by Crippen LogP contribution is 2.24. The van der Waals surface area contributed by atoms with Gasteiger partial charge in [-0.1, -0.05) is 18.2 Å². The molecule has 4 rings (SSSR count). The number of hydrogen-bond donors (Lipinski definition) is 3. The van der Waals surface area contributed by atoms with Gasteiger partial charge in [0.05, 0.1) is 11.5 Å². The number of anilines is 3. The van der Waals surface area contributed by atoms with Crippen LogP contribution in [0.5, 0.6) is 0 Å². The van der Waals surface area contributed by atoms with Crippen LogP contribution < -0.4 is 11.1 Å². The average Bonchev–Trinajstić information content (AvgIpc) is 3.05. The molecule has 0 radical (unpaired) electrons. The van der Waals surface area contributed by atoms with E-state index in [0.29, 0.717) is 22.8 Å². The van der Waals surface area contributed by atoms with Crippen molar-refractivity contribution in [1.82, 2.24) is 19.9 Å². The molecule has 0 saturated heterocycles. The van der Waals surface area contributed by atoms with Crippen molar-refractivity contribution in [3.05, 3.63) is 71.4 Å². The topological polar surface area (TPSA) is 110 Å². The average molecular weight is 422 g/mol. The number of rotatable bonds is 7. The Labute approximate surface area is 176 Å². The van der Waals surface area contributed by atoms with Gasteiger partial charge in [-0.15, -0.1) is 11.8 Å². The molecule has 4 aromatic rings. The number of aryl methyl sites for hydroxylation is 1. The molecule has 2 heterocycles. The minimum atomic E-state index is -0.331. The lowest BCUT2D eigenvalue weighted by atomic mass is 10.1. The van der Waals surface area contributed by atoms with Crippen LogP contribution >= 0.6 is 11.8 Å². The van der Waals surface area contributed by atoms with Gasteiger partial charge in [0.2, 0.25) is 11.9 Å². The van der Waals surface area contributed by atoms with Gasteiger partial charge in [-0.05, 0) is 37.3 Å². The highest BCUT2D eigenvalue weighted by atomic mass is 32.2. The van der Waals surface area contributed by atoms with E-state index >= 15 is 0 Å². The van der Waals surface area contributed by atoms with Crippen LogP contribution in [0.1, 0.15) is 21.9 Å². The number of aromatic nitrogens is 4. The molecule has 0 aliphatic rings. The van der Waals surface area contributed by atoms with Gasteiger partial charge in [0.25, 0.3) is 0 Å². The van der Waals surface area contributed by atoms with Crippen LogP contribution in [0.3, 0.4) is 0 Å². The fourth-order valence-electron chi connectivity index (χ4n) is 3.16. The first kappa shape index (κ1) is 19.8. The molecule has 0 saturated carbocycles. The standard InChI is InChI=1S/C21H19FN6OS/c1-12-19(15-4-2-3-5-16(15)24-12)17(29)10-30-11-18-26-20(23)28-21(27-18)25-14-8-6-13(22)7-9-14/h2-9,24H,10-11H2,1H3,(H3,23,25,26,27,28). The molecule has 2 aromatic heterocycles. The molecule has 2 aromatic carbocycles. The second kappa shape index (κ2) is 8.50. The Balaban J connectivity index is 1.42. The van der Waals surface area contributed by atoms with Gasteiger partial charge >= 0.3 is 0 Å². The predicted molar refractivity (Wildman–Crippen MR) is 117 cm³/mol. The number of fused-ring (bicyclic) bond motifs is 1. The second-order valence-electron chi connectivity index (χ2n) is 6.65. The number of Topliss-reactive ketones (excluding diaryl/α,β-unsaturated/α-hetero) is 1. The lowest BCUT2D eigenvalue weighted by Crippen LogP contribution is -2.08. The Morgan fingerprint density at radius 1 is 1.13 bits per heavy atom. The summed E-state index contributed by atoms with van der Waals surface area (Å²) in [7, 11) is 0. The number of benzene rings is 2. The molecule has 9 heteroatoms. The van der Waals surface area contributed by atoms with Crippen LogP contribution in [-0.2, 0) is 5.75 Å². The summed E-state index contributed by atoms with van der Waals surface area (Å²) in [5, 5.41) is 3.90. The first-order chi connectivity index (χ1) is 14.5. The Morgan fingerprint density at radius 3 is 2.70 bits per heavy atom. The molecule has 0 atom stereocenters. The number of nitrogen functional groups attached to an aromatic ring is 1. The molecule has 0 aliphatic heterocycles. The number of nitrogens with zero attached hydrogens (tertiary/aromatic N) is 3. The highest BCUT2D eigenvalue weighted by molar-refractivity contribution is 7.99. The zero-order valence-corrected chi connectivity index (χ0v) is 17.0. The Hall–Kier alpha value is -3.46. The van der Waals surface area contributed by atoms with Crippen molar-refractivity contribution in [1.29, 1.82) is 0 Å². The monoisotopic (exact) mass is 422 g/mol. The minimum Gasteiger partial charge on any atom is -0.368 e. The van der Waals surface area contributed by atoms with Gasteiger partial charge in [0, 0.05) is 27.8 Å². The quantitative estimate of drug-likeness (QED) is 0.382. The fraction of sp³-hybridized carbons (Fsp3) is 0.143. The zero-order valence-electron chi connectivity index (χ0n) is 16.1. The number of carbonyl (C=O) groups is 1. The summed E-state index contributed by atoms with van der Waals surface area (Å²) in [6.45, 7) is 1.90. The third kappa shape index (κ3) is 4.41. The molecule has 4 N–H and O–H groups in total. The molecular weight excluding hydrogens is 403 g/mol. The smallest absolute Gasteiger partial charge is 0.232 e. The largest absolute Gasteiger partial charge is 0.368 e. The molecule has 0 aliphatic carbocycles. The summed E-state index contributed by atoms with van der Waals surface area (Å²) in [5.74, 6) is 1.20. The molecule has 0 spiro atoms. The summed E-state index contributed by atoms with van der Waals surface area (Å²) < 4.78 is 13.1. The lowest BCUT2D eigenvalue weighted by molar-refractivity contribution is 0.102. The number of H-pyrrole nitrogens is 1. The van der Waals surface area contributed by atoms with Crippen molar-refractivity contribution in [3.63, 3.8) is 0 Å². The molecule has 0 fully saturated rings. The molecule has 0 amide bonds. The van der Waals surface area contributed by atoms with Crippen LogP contribution in [0.25, 0.3) is 10.9 Å². The van der Waals surface area contributed by atoms with E-state index < -0.39 is 0 Å². The fourth-order valence-corrected chi connectivity index (χ4v) is 3.91. The number of hydrogen-bond acceptors (Lipinski definition) is 7. The van der Waals surface area contributed by atoms with Gasteiger partial charge in [-0.3, -0.25) is 4.79 Å². The first-order valence-corrected chi connectivity index (χ1v) is 10.4. The second-order valence-corrected chi connectivity index (χ2v) is 7.64. The Kier molecular flexibility index (Phi) is 5.62. The molecule has 0 bridgehead atoms. The van der Waals surface area contributed by atoms with E-state index in [1.54, 1.807) is 12.1 Å². The zero-order chi connectivity index (χ0) is 21.1. The maximum Gasteiger partial charge on any atom is 0.232 e. The van der Waals surface area contributed by atoms with E-state index in [1.165, 1.54) is 23.9 Å². The van der Waals surface area contributed by atoms with E-state index in [2.05, 4.69) is 25.3 Å². The van der Waals surface area contributed by atoms with Crippen molar-refractivity contribution in [3.8, 4) is 0 Å². The summed E-state index contributed by atoms with van der Waals surface area (Å²) in [6, 6.07) is 13.6.